The van der Waals surface area contributed by atoms with Crippen LogP contribution in [0, 0.1) is 6.92 Å². The van der Waals surface area contributed by atoms with Crippen molar-refractivity contribution in [2.45, 2.75) is 32.4 Å². The second-order valence-electron chi connectivity index (χ2n) is 8.89. The van der Waals surface area contributed by atoms with Crippen molar-refractivity contribution >= 4 is 39.7 Å². The minimum atomic E-state index is -0.212. The zero-order chi connectivity index (χ0) is 25.1. The molecular weight excluding hydrogens is 470 g/mol. The maximum atomic E-state index is 13.2. The van der Waals surface area contributed by atoms with E-state index in [1.807, 2.05) is 67.6 Å². The van der Waals surface area contributed by atoms with Crippen LogP contribution in [0.4, 0.5) is 16.5 Å². The van der Waals surface area contributed by atoms with E-state index in [1.165, 1.54) is 11.3 Å². The molecule has 0 saturated heterocycles. The Hall–Kier alpha value is -4.17. The Bertz CT molecular complexity index is 1410. The van der Waals surface area contributed by atoms with Crippen LogP contribution in [0.1, 0.15) is 44.0 Å². The molecule has 1 aliphatic carbocycles. The van der Waals surface area contributed by atoms with Crippen LogP contribution in [-0.4, -0.2) is 22.8 Å². The van der Waals surface area contributed by atoms with Crippen LogP contribution in [-0.2, 0) is 6.54 Å². The van der Waals surface area contributed by atoms with E-state index in [0.29, 0.717) is 33.5 Å². The van der Waals surface area contributed by atoms with Crippen LogP contribution in [0.5, 0.6) is 0 Å². The van der Waals surface area contributed by atoms with Crippen molar-refractivity contribution in [2.75, 3.05) is 11.1 Å². The molecule has 4 aromatic rings. The van der Waals surface area contributed by atoms with Crippen molar-refractivity contribution in [1.82, 2.24) is 15.6 Å². The van der Waals surface area contributed by atoms with Gasteiger partial charge in [-0.1, -0.05) is 59.9 Å². The van der Waals surface area contributed by atoms with Gasteiger partial charge in [-0.05, 0) is 55.2 Å². The third-order valence-corrected chi connectivity index (χ3v) is 6.91. The SMILES string of the molecule is Cc1ccc(C(=O)NC2CC2)cc1Nc1nc(-c2cccc(N)c2)c(C(=O)NCc2ccccc2)s1. The number of thiazole rings is 1. The van der Waals surface area contributed by atoms with Gasteiger partial charge in [-0.2, -0.15) is 0 Å². The summed E-state index contributed by atoms with van der Waals surface area (Å²) < 4.78 is 0. The van der Waals surface area contributed by atoms with Crippen molar-refractivity contribution in [2.24, 2.45) is 0 Å². The zero-order valence-corrected chi connectivity index (χ0v) is 20.7. The molecule has 1 fully saturated rings. The Labute approximate surface area is 213 Å². The highest BCUT2D eigenvalue weighted by Gasteiger charge is 2.24. The molecule has 0 atom stereocenters. The second-order valence-corrected chi connectivity index (χ2v) is 9.89. The fraction of sp³-hybridized carbons (Fsp3) is 0.179. The Morgan fingerprint density at radius 3 is 2.56 bits per heavy atom. The first-order valence-corrected chi connectivity index (χ1v) is 12.7. The number of hydrogen-bond acceptors (Lipinski definition) is 6. The Morgan fingerprint density at radius 2 is 1.81 bits per heavy atom. The van der Waals surface area contributed by atoms with Gasteiger partial charge in [0, 0.05) is 35.1 Å². The number of benzene rings is 3. The molecule has 0 aliphatic heterocycles. The van der Waals surface area contributed by atoms with E-state index >= 15 is 0 Å². The molecule has 3 aromatic carbocycles. The highest BCUT2D eigenvalue weighted by atomic mass is 32.1. The van der Waals surface area contributed by atoms with E-state index in [2.05, 4.69) is 16.0 Å². The summed E-state index contributed by atoms with van der Waals surface area (Å²) in [5.74, 6) is -0.294. The van der Waals surface area contributed by atoms with Gasteiger partial charge in [-0.25, -0.2) is 4.98 Å². The largest absolute Gasteiger partial charge is 0.399 e. The van der Waals surface area contributed by atoms with Crippen LogP contribution < -0.4 is 21.7 Å². The number of carbonyl (C=O) groups is 2. The number of nitrogens with zero attached hydrogens (tertiary/aromatic N) is 1. The van der Waals surface area contributed by atoms with Gasteiger partial charge in [0.05, 0.1) is 5.69 Å². The number of rotatable bonds is 8. The normalized spacial score (nSPS) is 12.7. The van der Waals surface area contributed by atoms with Crippen LogP contribution in [0.3, 0.4) is 0 Å². The van der Waals surface area contributed by atoms with E-state index in [9.17, 15) is 9.59 Å². The molecule has 5 N–H and O–H groups in total. The number of hydrogen-bond donors (Lipinski definition) is 4. The molecular formula is C28H27N5O2S. The highest BCUT2D eigenvalue weighted by Crippen LogP contribution is 2.34. The summed E-state index contributed by atoms with van der Waals surface area (Å²) in [6.07, 6.45) is 2.06. The zero-order valence-electron chi connectivity index (χ0n) is 19.9. The third-order valence-electron chi connectivity index (χ3n) is 5.94. The predicted octanol–water partition coefficient (Wildman–Crippen LogP) is 5.27. The Kier molecular flexibility index (Phi) is 6.69. The lowest BCUT2D eigenvalue weighted by molar-refractivity contribution is 0.0944. The summed E-state index contributed by atoms with van der Waals surface area (Å²) in [7, 11) is 0. The molecule has 0 unspecified atom stereocenters. The van der Waals surface area contributed by atoms with Crippen molar-refractivity contribution in [3.05, 3.63) is 94.4 Å². The predicted molar refractivity (Wildman–Crippen MR) is 145 cm³/mol. The number of aryl methyl sites for hydroxylation is 1. The maximum Gasteiger partial charge on any atom is 0.264 e. The molecule has 36 heavy (non-hydrogen) atoms. The molecule has 0 spiro atoms. The molecule has 0 radical (unpaired) electrons. The fourth-order valence-electron chi connectivity index (χ4n) is 3.78. The summed E-state index contributed by atoms with van der Waals surface area (Å²) in [4.78, 5) is 31.0. The van der Waals surface area contributed by atoms with E-state index in [1.54, 1.807) is 12.1 Å². The molecule has 1 aliphatic rings. The van der Waals surface area contributed by atoms with Crippen molar-refractivity contribution < 1.29 is 9.59 Å². The summed E-state index contributed by atoms with van der Waals surface area (Å²) >= 11 is 1.27. The smallest absolute Gasteiger partial charge is 0.264 e. The van der Waals surface area contributed by atoms with Gasteiger partial charge in [0.15, 0.2) is 5.13 Å². The summed E-state index contributed by atoms with van der Waals surface area (Å²) in [5, 5.41) is 9.90. The Balaban J connectivity index is 1.43. The average Bonchev–Trinajstić information content (AvgIpc) is 3.60. The van der Waals surface area contributed by atoms with Crippen LogP contribution in [0.25, 0.3) is 11.3 Å². The fourth-order valence-corrected chi connectivity index (χ4v) is 4.69. The van der Waals surface area contributed by atoms with Gasteiger partial charge in [0.1, 0.15) is 4.88 Å². The highest BCUT2D eigenvalue weighted by molar-refractivity contribution is 7.18. The van der Waals surface area contributed by atoms with E-state index < -0.39 is 0 Å². The lowest BCUT2D eigenvalue weighted by atomic mass is 10.1. The standard InChI is InChI=1S/C28H27N5O2S/c1-17-10-11-20(26(34)31-22-12-13-22)15-23(17)32-28-33-24(19-8-5-9-21(29)14-19)25(36-28)27(35)30-16-18-6-3-2-4-7-18/h2-11,14-15,22H,12-13,16,29H2,1H3,(H,30,35)(H,31,34)(H,32,33). The Morgan fingerprint density at radius 1 is 1.00 bits per heavy atom. The first-order chi connectivity index (χ1) is 17.5. The maximum absolute atomic E-state index is 13.2. The molecule has 1 heterocycles. The summed E-state index contributed by atoms with van der Waals surface area (Å²) in [6.45, 7) is 2.37. The topological polar surface area (TPSA) is 109 Å². The first-order valence-electron chi connectivity index (χ1n) is 11.8. The lowest BCUT2D eigenvalue weighted by Crippen LogP contribution is -2.25. The van der Waals surface area contributed by atoms with Gasteiger partial charge < -0.3 is 21.7 Å². The number of anilines is 3. The van der Waals surface area contributed by atoms with E-state index in [-0.39, 0.29) is 17.9 Å². The summed E-state index contributed by atoms with van der Waals surface area (Å²) in [6, 6.07) is 22.9. The van der Waals surface area contributed by atoms with E-state index in [0.717, 1.165) is 35.2 Å². The molecule has 2 amide bonds. The average molecular weight is 498 g/mol. The number of nitrogens with one attached hydrogen (secondary N) is 3. The number of carbonyl (C=O) groups excluding carboxylic acids is 2. The van der Waals surface area contributed by atoms with Gasteiger partial charge in [-0.15, -0.1) is 0 Å². The minimum Gasteiger partial charge on any atom is -0.399 e. The summed E-state index contributed by atoms with van der Waals surface area (Å²) in [5.41, 5.74) is 11.3. The van der Waals surface area contributed by atoms with E-state index in [4.69, 9.17) is 10.7 Å². The lowest BCUT2D eigenvalue weighted by Gasteiger charge is -2.10. The molecule has 7 nitrogen and oxygen atoms in total. The van der Waals surface area contributed by atoms with Gasteiger partial charge in [-0.3, -0.25) is 9.59 Å². The van der Waals surface area contributed by atoms with Gasteiger partial charge in [0.2, 0.25) is 0 Å². The van der Waals surface area contributed by atoms with Crippen LogP contribution in [0.15, 0.2) is 72.8 Å². The number of amides is 2. The second kappa shape index (κ2) is 10.2. The monoisotopic (exact) mass is 497 g/mol. The molecule has 5 rings (SSSR count). The molecule has 8 heteroatoms. The molecule has 0 bridgehead atoms. The number of nitrogen functional groups attached to an aromatic ring is 1. The van der Waals surface area contributed by atoms with Crippen LogP contribution in [0.2, 0.25) is 0 Å². The van der Waals surface area contributed by atoms with Crippen molar-refractivity contribution in [3.63, 3.8) is 0 Å². The first kappa shape index (κ1) is 23.6. The molecule has 1 saturated carbocycles. The third kappa shape index (κ3) is 5.55. The van der Waals surface area contributed by atoms with Crippen molar-refractivity contribution in [1.29, 1.82) is 0 Å². The number of aromatic nitrogens is 1. The minimum absolute atomic E-state index is 0.0823. The van der Waals surface area contributed by atoms with Gasteiger partial charge in [0.25, 0.3) is 11.8 Å². The quantitative estimate of drug-likeness (QED) is 0.248. The number of nitrogens with two attached hydrogens (primary N) is 1. The molecule has 182 valence electrons. The van der Waals surface area contributed by atoms with Crippen LogP contribution >= 0.6 is 11.3 Å². The molecule has 1 aromatic heterocycles. The van der Waals surface area contributed by atoms with Crippen molar-refractivity contribution in [3.8, 4) is 11.3 Å². The van der Waals surface area contributed by atoms with Gasteiger partial charge >= 0.3 is 0 Å².